The second-order valence-corrected chi connectivity index (χ2v) is 7.19. The molecule has 7 heteroatoms. The average Bonchev–Trinajstić information content (AvgIpc) is 3.28. The summed E-state index contributed by atoms with van der Waals surface area (Å²) in [7, 11) is 0. The third-order valence-electron chi connectivity index (χ3n) is 5.35. The van der Waals surface area contributed by atoms with Crippen LogP contribution in [-0.2, 0) is 13.2 Å². The van der Waals surface area contributed by atoms with E-state index in [2.05, 4.69) is 28.2 Å². The van der Waals surface area contributed by atoms with Gasteiger partial charge in [-0.1, -0.05) is 0 Å². The standard InChI is InChI=1S/C22H25N5O2/c1-2-27-15-19(14-25-27)18-7-12-26(13-8-18)22(28)21-20(4-3-9-24-21)29-16-17-5-10-23-11-6-17/h3-6,9-11,14-15,18H,2,7-8,12-13,16H2,1H3. The lowest BCUT2D eigenvalue weighted by Gasteiger charge is -2.31. The molecule has 29 heavy (non-hydrogen) atoms. The molecule has 7 nitrogen and oxygen atoms in total. The molecule has 1 aliphatic heterocycles. The Kier molecular flexibility index (Phi) is 5.84. The number of piperidine rings is 1. The molecule has 0 spiro atoms. The molecule has 1 amide bonds. The fourth-order valence-corrected chi connectivity index (χ4v) is 3.64. The molecular weight excluding hydrogens is 366 g/mol. The minimum absolute atomic E-state index is 0.0713. The number of amides is 1. The van der Waals surface area contributed by atoms with E-state index < -0.39 is 0 Å². The molecule has 0 radical (unpaired) electrons. The molecular formula is C22H25N5O2. The third kappa shape index (κ3) is 4.45. The summed E-state index contributed by atoms with van der Waals surface area (Å²) in [4.78, 5) is 23.3. The predicted molar refractivity (Wildman–Crippen MR) is 109 cm³/mol. The summed E-state index contributed by atoms with van der Waals surface area (Å²) >= 11 is 0. The van der Waals surface area contributed by atoms with Crippen LogP contribution in [0.1, 0.15) is 47.3 Å². The fourth-order valence-electron chi connectivity index (χ4n) is 3.64. The van der Waals surface area contributed by atoms with Crippen LogP contribution in [0, 0.1) is 0 Å². The maximum atomic E-state index is 13.1. The smallest absolute Gasteiger partial charge is 0.276 e. The van der Waals surface area contributed by atoms with Crippen molar-refractivity contribution in [3.8, 4) is 5.75 Å². The normalized spacial score (nSPS) is 14.7. The Morgan fingerprint density at radius 2 is 1.97 bits per heavy atom. The van der Waals surface area contributed by atoms with E-state index in [0.29, 0.717) is 37.1 Å². The molecule has 4 rings (SSSR count). The molecule has 0 aromatic carbocycles. The van der Waals surface area contributed by atoms with Crippen molar-refractivity contribution in [1.29, 1.82) is 0 Å². The van der Waals surface area contributed by atoms with Gasteiger partial charge in [-0.2, -0.15) is 5.10 Å². The summed E-state index contributed by atoms with van der Waals surface area (Å²) in [5.74, 6) is 0.893. The lowest BCUT2D eigenvalue weighted by Crippen LogP contribution is -2.38. The van der Waals surface area contributed by atoms with Crippen LogP contribution in [0.3, 0.4) is 0 Å². The first-order valence-corrected chi connectivity index (χ1v) is 10.0. The van der Waals surface area contributed by atoms with E-state index in [1.54, 1.807) is 30.7 Å². The molecule has 4 heterocycles. The van der Waals surface area contributed by atoms with Gasteiger partial charge in [0.15, 0.2) is 11.4 Å². The molecule has 0 N–H and O–H groups in total. The van der Waals surface area contributed by atoms with E-state index in [1.807, 2.05) is 27.9 Å². The number of hydrogen-bond donors (Lipinski definition) is 0. The Morgan fingerprint density at radius 3 is 2.69 bits per heavy atom. The van der Waals surface area contributed by atoms with Crippen molar-refractivity contribution in [1.82, 2.24) is 24.6 Å². The quantitative estimate of drug-likeness (QED) is 0.645. The third-order valence-corrected chi connectivity index (χ3v) is 5.35. The highest BCUT2D eigenvalue weighted by molar-refractivity contribution is 5.95. The zero-order valence-corrected chi connectivity index (χ0v) is 16.6. The van der Waals surface area contributed by atoms with Crippen molar-refractivity contribution in [3.05, 3.63) is 72.1 Å². The molecule has 1 saturated heterocycles. The van der Waals surface area contributed by atoms with Gasteiger partial charge < -0.3 is 9.64 Å². The maximum absolute atomic E-state index is 13.1. The molecule has 1 aliphatic rings. The summed E-state index contributed by atoms with van der Waals surface area (Å²) < 4.78 is 7.84. The molecule has 0 bridgehead atoms. The van der Waals surface area contributed by atoms with Crippen molar-refractivity contribution in [2.24, 2.45) is 0 Å². The molecule has 3 aromatic rings. The minimum Gasteiger partial charge on any atom is -0.486 e. The van der Waals surface area contributed by atoms with E-state index in [-0.39, 0.29) is 5.91 Å². The number of nitrogens with zero attached hydrogens (tertiary/aromatic N) is 5. The second kappa shape index (κ2) is 8.86. The molecule has 0 atom stereocenters. The van der Waals surface area contributed by atoms with Crippen LogP contribution in [0.4, 0.5) is 0 Å². The highest BCUT2D eigenvalue weighted by Gasteiger charge is 2.27. The number of likely N-dealkylation sites (tertiary alicyclic amines) is 1. The first-order chi connectivity index (χ1) is 14.2. The number of carbonyl (C=O) groups excluding carboxylic acids is 1. The number of ether oxygens (including phenoxy) is 1. The average molecular weight is 391 g/mol. The van der Waals surface area contributed by atoms with Gasteiger partial charge in [-0.3, -0.25) is 14.5 Å². The summed E-state index contributed by atoms with van der Waals surface area (Å²) in [6, 6.07) is 7.37. The number of aryl methyl sites for hydroxylation is 1. The van der Waals surface area contributed by atoms with Gasteiger partial charge in [0.1, 0.15) is 6.61 Å². The number of aromatic nitrogens is 4. The molecule has 0 unspecified atom stereocenters. The van der Waals surface area contributed by atoms with Gasteiger partial charge in [-0.25, -0.2) is 4.98 Å². The molecule has 150 valence electrons. The zero-order valence-electron chi connectivity index (χ0n) is 16.6. The van der Waals surface area contributed by atoms with E-state index >= 15 is 0 Å². The Morgan fingerprint density at radius 1 is 1.17 bits per heavy atom. The first-order valence-electron chi connectivity index (χ1n) is 10.0. The highest BCUT2D eigenvalue weighted by atomic mass is 16.5. The number of pyridine rings is 2. The monoisotopic (exact) mass is 391 g/mol. The zero-order chi connectivity index (χ0) is 20.1. The minimum atomic E-state index is -0.0713. The van der Waals surface area contributed by atoms with Gasteiger partial charge in [-0.05, 0) is 61.1 Å². The second-order valence-electron chi connectivity index (χ2n) is 7.19. The Hall–Kier alpha value is -3.22. The van der Waals surface area contributed by atoms with Crippen LogP contribution in [0.15, 0.2) is 55.2 Å². The topological polar surface area (TPSA) is 73.1 Å². The van der Waals surface area contributed by atoms with Gasteiger partial charge in [0.25, 0.3) is 5.91 Å². The van der Waals surface area contributed by atoms with Gasteiger partial charge in [0.05, 0.1) is 6.20 Å². The van der Waals surface area contributed by atoms with Gasteiger partial charge in [-0.15, -0.1) is 0 Å². The highest BCUT2D eigenvalue weighted by Crippen LogP contribution is 2.29. The Balaban J connectivity index is 1.40. The number of rotatable bonds is 6. The van der Waals surface area contributed by atoms with E-state index in [9.17, 15) is 4.79 Å². The lowest BCUT2D eigenvalue weighted by molar-refractivity contribution is 0.0701. The molecule has 0 aliphatic carbocycles. The fraction of sp³-hybridized carbons (Fsp3) is 0.364. The largest absolute Gasteiger partial charge is 0.486 e. The summed E-state index contributed by atoms with van der Waals surface area (Å²) in [6.07, 6.45) is 11.0. The first kappa shape index (κ1) is 19.1. The van der Waals surface area contributed by atoms with Crippen LogP contribution in [-0.4, -0.2) is 43.6 Å². The van der Waals surface area contributed by atoms with Crippen molar-refractivity contribution in [3.63, 3.8) is 0 Å². The van der Waals surface area contributed by atoms with Crippen molar-refractivity contribution in [2.75, 3.05) is 13.1 Å². The van der Waals surface area contributed by atoms with Crippen LogP contribution < -0.4 is 4.74 Å². The summed E-state index contributed by atoms with van der Waals surface area (Å²) in [5.41, 5.74) is 2.63. The van der Waals surface area contributed by atoms with Crippen molar-refractivity contribution < 1.29 is 9.53 Å². The SMILES string of the molecule is CCn1cc(C2CCN(C(=O)c3ncccc3OCc3ccncc3)CC2)cn1. The van der Waals surface area contributed by atoms with Crippen molar-refractivity contribution in [2.45, 2.75) is 38.8 Å². The molecule has 1 fully saturated rings. The van der Waals surface area contributed by atoms with Gasteiger partial charge >= 0.3 is 0 Å². The summed E-state index contributed by atoms with van der Waals surface area (Å²) in [6.45, 7) is 4.75. The predicted octanol–water partition coefficient (Wildman–Crippen LogP) is 3.29. The Labute approximate surface area is 170 Å². The van der Waals surface area contributed by atoms with Gasteiger partial charge in [0.2, 0.25) is 0 Å². The molecule has 3 aromatic heterocycles. The van der Waals surface area contributed by atoms with Crippen LogP contribution in [0.2, 0.25) is 0 Å². The lowest BCUT2D eigenvalue weighted by atomic mass is 9.91. The van der Waals surface area contributed by atoms with Gasteiger partial charge in [0, 0.05) is 44.4 Å². The van der Waals surface area contributed by atoms with Crippen LogP contribution >= 0.6 is 0 Å². The molecule has 0 saturated carbocycles. The number of carbonyl (C=O) groups is 1. The van der Waals surface area contributed by atoms with Crippen LogP contribution in [0.25, 0.3) is 0 Å². The maximum Gasteiger partial charge on any atom is 0.276 e. The van der Waals surface area contributed by atoms with E-state index in [0.717, 1.165) is 24.9 Å². The Bertz CT molecular complexity index is 949. The van der Waals surface area contributed by atoms with Crippen LogP contribution in [0.5, 0.6) is 5.75 Å². The summed E-state index contributed by atoms with van der Waals surface area (Å²) in [5, 5.41) is 4.37. The van der Waals surface area contributed by atoms with E-state index in [4.69, 9.17) is 4.74 Å². The number of hydrogen-bond acceptors (Lipinski definition) is 5. The van der Waals surface area contributed by atoms with Crippen molar-refractivity contribution >= 4 is 5.91 Å². The van der Waals surface area contributed by atoms with E-state index in [1.165, 1.54) is 5.56 Å².